The predicted molar refractivity (Wildman–Crippen MR) is 103 cm³/mol. The summed E-state index contributed by atoms with van der Waals surface area (Å²) in [7, 11) is 0. The summed E-state index contributed by atoms with van der Waals surface area (Å²) in [5, 5.41) is 4.72. The summed E-state index contributed by atoms with van der Waals surface area (Å²) in [4.78, 5) is 27.8. The molecular formula is C21H17FN2O2S. The van der Waals surface area contributed by atoms with E-state index in [9.17, 15) is 14.0 Å². The molecule has 0 spiro atoms. The van der Waals surface area contributed by atoms with Gasteiger partial charge in [0.2, 0.25) is 5.91 Å². The second kappa shape index (κ2) is 6.96. The smallest absolute Gasteiger partial charge is 0.265 e. The van der Waals surface area contributed by atoms with E-state index in [0.717, 1.165) is 16.7 Å². The Kier molecular flexibility index (Phi) is 4.49. The Morgan fingerprint density at radius 3 is 2.67 bits per heavy atom. The molecule has 0 radical (unpaired) electrons. The van der Waals surface area contributed by atoms with Gasteiger partial charge in [-0.05, 0) is 42.1 Å². The molecule has 4 nitrogen and oxygen atoms in total. The third-order valence-corrected chi connectivity index (χ3v) is 5.44. The van der Waals surface area contributed by atoms with Gasteiger partial charge < -0.3 is 10.2 Å². The highest BCUT2D eigenvalue weighted by Crippen LogP contribution is 2.37. The minimum absolute atomic E-state index is 0.0769. The van der Waals surface area contributed by atoms with Crippen LogP contribution in [0.5, 0.6) is 0 Å². The van der Waals surface area contributed by atoms with Crippen molar-refractivity contribution in [2.75, 3.05) is 11.9 Å². The first-order valence-corrected chi connectivity index (χ1v) is 9.41. The molecule has 0 bridgehead atoms. The van der Waals surface area contributed by atoms with Crippen molar-refractivity contribution >= 4 is 28.8 Å². The van der Waals surface area contributed by atoms with E-state index in [1.54, 1.807) is 29.2 Å². The number of hydrogen-bond acceptors (Lipinski definition) is 3. The van der Waals surface area contributed by atoms with Crippen LogP contribution in [0.15, 0.2) is 60.0 Å². The number of thiophene rings is 1. The molecule has 2 amide bonds. The van der Waals surface area contributed by atoms with Gasteiger partial charge in [-0.1, -0.05) is 35.9 Å². The minimum Gasteiger partial charge on any atom is -0.324 e. The highest BCUT2D eigenvalue weighted by atomic mass is 32.1. The van der Waals surface area contributed by atoms with Crippen molar-refractivity contribution < 1.29 is 14.0 Å². The minimum atomic E-state index is -0.492. The zero-order chi connectivity index (χ0) is 19.0. The molecule has 136 valence electrons. The second-order valence-electron chi connectivity index (χ2n) is 6.50. The van der Waals surface area contributed by atoms with Crippen molar-refractivity contribution in [1.82, 2.24) is 4.90 Å². The Bertz CT molecular complexity index is 1000. The average Bonchev–Trinajstić information content (AvgIpc) is 3.14. The Labute approximate surface area is 160 Å². The molecule has 1 N–H and O–H groups in total. The number of fused-ring (bicyclic) bond motifs is 1. The first-order chi connectivity index (χ1) is 13.0. The molecule has 1 aliphatic heterocycles. The van der Waals surface area contributed by atoms with Gasteiger partial charge in [-0.15, -0.1) is 11.3 Å². The Balaban J connectivity index is 1.90. The fourth-order valence-electron chi connectivity index (χ4n) is 3.36. The van der Waals surface area contributed by atoms with E-state index in [1.807, 2.05) is 30.5 Å². The summed E-state index contributed by atoms with van der Waals surface area (Å²) in [6.07, 6.45) is 0. The van der Waals surface area contributed by atoms with Crippen molar-refractivity contribution in [3.05, 3.63) is 87.4 Å². The highest BCUT2D eigenvalue weighted by Gasteiger charge is 2.34. The van der Waals surface area contributed by atoms with E-state index in [1.165, 1.54) is 23.5 Å². The lowest BCUT2D eigenvalue weighted by molar-refractivity contribution is -0.117. The summed E-state index contributed by atoms with van der Waals surface area (Å²) >= 11 is 1.33. The van der Waals surface area contributed by atoms with E-state index >= 15 is 0 Å². The first-order valence-electron chi connectivity index (χ1n) is 8.53. The summed E-state index contributed by atoms with van der Waals surface area (Å²) in [6, 6.07) is 14.9. The number of nitrogens with zero attached hydrogens (tertiary/aromatic N) is 1. The van der Waals surface area contributed by atoms with Gasteiger partial charge in [0.15, 0.2) is 0 Å². The molecule has 2 aromatic carbocycles. The van der Waals surface area contributed by atoms with Crippen LogP contribution in [0.4, 0.5) is 10.1 Å². The Hall–Kier alpha value is -2.99. The van der Waals surface area contributed by atoms with E-state index < -0.39 is 6.04 Å². The van der Waals surface area contributed by atoms with E-state index in [-0.39, 0.29) is 24.2 Å². The molecule has 1 unspecified atom stereocenters. The molecule has 2 heterocycles. The van der Waals surface area contributed by atoms with Crippen LogP contribution in [0.3, 0.4) is 0 Å². The summed E-state index contributed by atoms with van der Waals surface area (Å²) in [5.41, 5.74) is 3.25. The van der Waals surface area contributed by atoms with Crippen molar-refractivity contribution in [3.63, 3.8) is 0 Å². The van der Waals surface area contributed by atoms with E-state index in [0.29, 0.717) is 10.6 Å². The number of amides is 2. The summed E-state index contributed by atoms with van der Waals surface area (Å²) < 4.78 is 13.5. The van der Waals surface area contributed by atoms with Crippen molar-refractivity contribution in [3.8, 4) is 0 Å². The van der Waals surface area contributed by atoms with Crippen LogP contribution in [0.1, 0.15) is 32.4 Å². The van der Waals surface area contributed by atoms with Crippen molar-refractivity contribution in [2.45, 2.75) is 13.0 Å². The SMILES string of the molecule is Cc1ccc2c(c1)C(c1ccc(F)cc1)N(C(=O)c1cccs1)CC(=O)N2. The number of carbonyl (C=O) groups is 2. The number of benzene rings is 2. The zero-order valence-electron chi connectivity index (χ0n) is 14.6. The van der Waals surface area contributed by atoms with Crippen LogP contribution in [0.2, 0.25) is 0 Å². The maximum Gasteiger partial charge on any atom is 0.265 e. The molecule has 1 atom stereocenters. The molecule has 1 aromatic heterocycles. The quantitative estimate of drug-likeness (QED) is 0.717. The lowest BCUT2D eigenvalue weighted by Gasteiger charge is -2.30. The average molecular weight is 380 g/mol. The third-order valence-electron chi connectivity index (χ3n) is 4.58. The summed E-state index contributed by atoms with van der Waals surface area (Å²) in [6.45, 7) is 1.88. The lowest BCUT2D eigenvalue weighted by atomic mass is 9.94. The number of nitrogens with one attached hydrogen (secondary N) is 1. The standard InChI is InChI=1S/C21H17FN2O2S/c1-13-4-9-17-16(11-13)20(14-5-7-15(22)8-6-14)24(12-19(25)23-17)21(26)18-3-2-10-27-18/h2-11,20H,12H2,1H3,(H,23,25). The molecular weight excluding hydrogens is 363 g/mol. The fraction of sp³-hybridized carbons (Fsp3) is 0.143. The highest BCUT2D eigenvalue weighted by molar-refractivity contribution is 7.12. The van der Waals surface area contributed by atoms with Crippen molar-refractivity contribution in [2.24, 2.45) is 0 Å². The third kappa shape index (κ3) is 3.36. The van der Waals surface area contributed by atoms with Crippen LogP contribution < -0.4 is 5.32 Å². The molecule has 1 aliphatic rings. The molecule has 27 heavy (non-hydrogen) atoms. The zero-order valence-corrected chi connectivity index (χ0v) is 15.4. The molecule has 3 aromatic rings. The van der Waals surface area contributed by atoms with Crippen LogP contribution >= 0.6 is 11.3 Å². The summed E-state index contributed by atoms with van der Waals surface area (Å²) in [5.74, 6) is -0.819. The van der Waals surface area contributed by atoms with Gasteiger partial charge >= 0.3 is 0 Å². The van der Waals surface area contributed by atoms with Crippen molar-refractivity contribution in [1.29, 1.82) is 0 Å². The van der Waals surface area contributed by atoms with Crippen LogP contribution in [-0.2, 0) is 4.79 Å². The van der Waals surface area contributed by atoms with Gasteiger partial charge in [0.05, 0.1) is 10.9 Å². The maximum absolute atomic E-state index is 13.5. The Morgan fingerprint density at radius 2 is 1.96 bits per heavy atom. The fourth-order valence-corrected chi connectivity index (χ4v) is 4.04. The largest absolute Gasteiger partial charge is 0.324 e. The second-order valence-corrected chi connectivity index (χ2v) is 7.45. The topological polar surface area (TPSA) is 49.4 Å². The molecule has 0 saturated carbocycles. The molecule has 0 aliphatic carbocycles. The molecule has 6 heteroatoms. The van der Waals surface area contributed by atoms with Gasteiger partial charge in [0.1, 0.15) is 12.4 Å². The Morgan fingerprint density at radius 1 is 1.19 bits per heavy atom. The number of aryl methyl sites for hydroxylation is 1. The molecule has 4 rings (SSSR count). The van der Waals surface area contributed by atoms with Gasteiger partial charge in [-0.2, -0.15) is 0 Å². The molecule has 0 fully saturated rings. The maximum atomic E-state index is 13.5. The van der Waals surface area contributed by atoms with Gasteiger partial charge in [0, 0.05) is 11.3 Å². The number of rotatable bonds is 2. The normalized spacial score (nSPS) is 16.4. The van der Waals surface area contributed by atoms with Gasteiger partial charge in [0.25, 0.3) is 5.91 Å². The first kappa shape index (κ1) is 17.4. The number of anilines is 1. The lowest BCUT2D eigenvalue weighted by Crippen LogP contribution is -2.38. The van der Waals surface area contributed by atoms with E-state index in [2.05, 4.69) is 5.32 Å². The van der Waals surface area contributed by atoms with Crippen LogP contribution in [0.25, 0.3) is 0 Å². The van der Waals surface area contributed by atoms with E-state index in [4.69, 9.17) is 0 Å². The molecule has 0 saturated heterocycles. The predicted octanol–water partition coefficient (Wildman–Crippen LogP) is 4.38. The number of carbonyl (C=O) groups excluding carboxylic acids is 2. The van der Waals surface area contributed by atoms with Crippen LogP contribution in [0, 0.1) is 12.7 Å². The van der Waals surface area contributed by atoms with Gasteiger partial charge in [-0.25, -0.2) is 4.39 Å². The monoisotopic (exact) mass is 380 g/mol. The number of hydrogen-bond donors (Lipinski definition) is 1. The number of halogens is 1. The van der Waals surface area contributed by atoms with Crippen LogP contribution in [-0.4, -0.2) is 23.3 Å². The van der Waals surface area contributed by atoms with Gasteiger partial charge in [-0.3, -0.25) is 9.59 Å².